The van der Waals surface area contributed by atoms with Crippen LogP contribution in [0.1, 0.15) is 84.1 Å². The Morgan fingerprint density at radius 2 is 1.58 bits per heavy atom. The van der Waals surface area contributed by atoms with Crippen LogP contribution in [-0.2, 0) is 15.9 Å². The Kier molecular flexibility index (Phi) is 7.48. The van der Waals surface area contributed by atoms with Crippen molar-refractivity contribution in [1.82, 2.24) is 4.90 Å². The average molecular weight is 455 g/mol. The second-order valence-corrected chi connectivity index (χ2v) is 10.8. The van der Waals surface area contributed by atoms with Gasteiger partial charge in [0.15, 0.2) is 0 Å². The molecule has 0 radical (unpaired) electrons. The highest BCUT2D eigenvalue weighted by Crippen LogP contribution is 2.39. The lowest BCUT2D eigenvalue weighted by Crippen LogP contribution is -2.50. The molecule has 1 saturated carbocycles. The molecule has 2 saturated heterocycles. The lowest BCUT2D eigenvalue weighted by Gasteiger charge is -2.41. The van der Waals surface area contributed by atoms with Crippen LogP contribution < -0.4 is 4.74 Å². The summed E-state index contributed by atoms with van der Waals surface area (Å²) in [7, 11) is 0. The fourth-order valence-corrected chi connectivity index (χ4v) is 5.54. The van der Waals surface area contributed by atoms with E-state index >= 15 is 0 Å². The first-order valence-corrected chi connectivity index (χ1v) is 12.6. The van der Waals surface area contributed by atoms with Gasteiger partial charge in [0.2, 0.25) is 0 Å². The molecule has 6 nitrogen and oxygen atoms in total. The Hall–Kier alpha value is -2.26. The number of aryl methyl sites for hydroxylation is 1. The minimum absolute atomic E-state index is 0.163. The van der Waals surface area contributed by atoms with Crippen molar-refractivity contribution in [2.24, 2.45) is 0 Å². The highest BCUT2D eigenvalue weighted by molar-refractivity contribution is 5.69. The third-order valence-electron chi connectivity index (χ3n) is 7.05. The molecule has 2 heterocycles. The Morgan fingerprint density at radius 3 is 2.15 bits per heavy atom. The van der Waals surface area contributed by atoms with Gasteiger partial charge in [0, 0.05) is 18.5 Å². The number of carbonyl (C=O) groups excluding carboxylic acids is 1. The van der Waals surface area contributed by atoms with E-state index in [0.717, 1.165) is 63.5 Å². The summed E-state index contributed by atoms with van der Waals surface area (Å²) in [5.41, 5.74) is 0.719. The molecule has 3 atom stereocenters. The number of rotatable bonds is 6. The van der Waals surface area contributed by atoms with Crippen LogP contribution in [0.2, 0.25) is 0 Å². The maximum Gasteiger partial charge on any atom is 0.410 e. The quantitative estimate of drug-likeness (QED) is 0.545. The van der Waals surface area contributed by atoms with Crippen LogP contribution in [0.3, 0.4) is 0 Å². The van der Waals surface area contributed by atoms with E-state index in [1.807, 2.05) is 37.8 Å². The number of nitriles is 1. The van der Waals surface area contributed by atoms with Gasteiger partial charge >= 0.3 is 6.09 Å². The number of carbonyl (C=O) groups is 1. The van der Waals surface area contributed by atoms with Crippen LogP contribution >= 0.6 is 0 Å². The summed E-state index contributed by atoms with van der Waals surface area (Å²) in [6.45, 7) is 5.78. The zero-order chi connectivity index (χ0) is 23.4. The van der Waals surface area contributed by atoms with Crippen molar-refractivity contribution in [3.05, 3.63) is 29.8 Å². The predicted molar refractivity (Wildman–Crippen MR) is 126 cm³/mol. The van der Waals surface area contributed by atoms with Gasteiger partial charge in [-0.15, -0.1) is 0 Å². The van der Waals surface area contributed by atoms with E-state index < -0.39 is 5.60 Å². The molecule has 180 valence electrons. The molecule has 0 N–H and O–H groups in total. The molecule has 3 fully saturated rings. The van der Waals surface area contributed by atoms with E-state index in [4.69, 9.17) is 19.5 Å². The predicted octanol–water partition coefficient (Wildman–Crippen LogP) is 5.78. The van der Waals surface area contributed by atoms with E-state index in [-0.39, 0.29) is 36.5 Å². The monoisotopic (exact) mass is 454 g/mol. The van der Waals surface area contributed by atoms with Crippen LogP contribution in [0.25, 0.3) is 0 Å². The molecule has 0 aromatic heterocycles. The van der Waals surface area contributed by atoms with Crippen molar-refractivity contribution in [1.29, 1.82) is 5.26 Å². The van der Waals surface area contributed by atoms with Crippen molar-refractivity contribution < 1.29 is 19.0 Å². The molecule has 3 aliphatic rings. The van der Waals surface area contributed by atoms with E-state index in [1.165, 1.54) is 5.56 Å². The molecule has 1 aromatic rings. The van der Waals surface area contributed by atoms with Crippen LogP contribution in [-0.4, -0.2) is 47.0 Å². The third-order valence-corrected chi connectivity index (χ3v) is 7.05. The molecular weight excluding hydrogens is 416 g/mol. The average Bonchev–Trinajstić information content (AvgIpc) is 3.04. The topological polar surface area (TPSA) is 71.8 Å². The highest BCUT2D eigenvalue weighted by Gasteiger charge is 2.45. The molecule has 1 aliphatic carbocycles. The molecule has 0 spiro atoms. The highest BCUT2D eigenvalue weighted by atomic mass is 16.6. The summed E-state index contributed by atoms with van der Waals surface area (Å²) in [5.74, 6) is 0.908. The number of hydrogen-bond acceptors (Lipinski definition) is 5. The van der Waals surface area contributed by atoms with Crippen LogP contribution in [0, 0.1) is 11.3 Å². The molecule has 6 heteroatoms. The summed E-state index contributed by atoms with van der Waals surface area (Å²) < 4.78 is 18.4. The van der Waals surface area contributed by atoms with Gasteiger partial charge in [0.05, 0.1) is 24.4 Å². The molecule has 2 aliphatic heterocycles. The SMILES string of the molecule is CC(C)(C)OC(=O)N1[C@@H]2CC[C@H]1C[C@H](O[C@H]1CC[C@H](Oc3ccc(CCC#N)cc3)CC1)C2. The van der Waals surface area contributed by atoms with Crippen LogP contribution in [0.4, 0.5) is 4.79 Å². The maximum atomic E-state index is 12.7. The maximum absolute atomic E-state index is 12.7. The number of nitrogens with zero attached hydrogens (tertiary/aromatic N) is 2. The fraction of sp³-hybridized carbons (Fsp3) is 0.704. The minimum atomic E-state index is -0.454. The van der Waals surface area contributed by atoms with E-state index in [2.05, 4.69) is 18.2 Å². The van der Waals surface area contributed by atoms with Gasteiger partial charge in [-0.2, -0.15) is 5.26 Å². The molecule has 33 heavy (non-hydrogen) atoms. The third kappa shape index (κ3) is 6.41. The zero-order valence-corrected chi connectivity index (χ0v) is 20.3. The smallest absolute Gasteiger partial charge is 0.410 e. The summed E-state index contributed by atoms with van der Waals surface area (Å²) in [6, 6.07) is 10.8. The number of piperidine rings is 1. The normalized spacial score (nSPS) is 29.4. The van der Waals surface area contributed by atoms with Gasteiger partial charge in [0.1, 0.15) is 11.4 Å². The van der Waals surface area contributed by atoms with Crippen molar-refractivity contribution in [3.63, 3.8) is 0 Å². The lowest BCUT2D eigenvalue weighted by molar-refractivity contribution is -0.0812. The van der Waals surface area contributed by atoms with Crippen LogP contribution in [0.5, 0.6) is 5.75 Å². The summed E-state index contributed by atoms with van der Waals surface area (Å²) in [6.07, 6.45) is 9.94. The second kappa shape index (κ2) is 10.3. The Bertz CT molecular complexity index is 819. The zero-order valence-electron chi connectivity index (χ0n) is 20.3. The van der Waals surface area contributed by atoms with E-state index in [0.29, 0.717) is 6.42 Å². The van der Waals surface area contributed by atoms with Gasteiger partial charge in [-0.05, 0) is 96.3 Å². The summed E-state index contributed by atoms with van der Waals surface area (Å²) in [5, 5.41) is 8.72. The van der Waals surface area contributed by atoms with Gasteiger partial charge in [0.25, 0.3) is 0 Å². The summed E-state index contributed by atoms with van der Waals surface area (Å²) >= 11 is 0. The van der Waals surface area contributed by atoms with Crippen molar-refractivity contribution >= 4 is 6.09 Å². The standard InChI is InChI=1S/C27H38N2O4/c1-27(2,3)33-26(30)29-20-8-9-21(29)18-25(17-20)32-24-14-12-23(13-15-24)31-22-10-6-19(7-11-22)5-4-16-28/h6-7,10-11,20-21,23-25H,4-5,8-9,12-15,17-18H2,1-3H3/t20-,21+,23-,24-,25-. The molecule has 1 amide bonds. The number of hydrogen-bond donors (Lipinski definition) is 0. The number of fused-ring (bicyclic) bond motifs is 2. The fourth-order valence-electron chi connectivity index (χ4n) is 5.54. The Balaban J connectivity index is 1.20. The van der Waals surface area contributed by atoms with E-state index in [9.17, 15) is 4.79 Å². The van der Waals surface area contributed by atoms with Gasteiger partial charge < -0.3 is 19.1 Å². The Morgan fingerprint density at radius 1 is 0.970 bits per heavy atom. The number of amides is 1. The number of benzene rings is 1. The minimum Gasteiger partial charge on any atom is -0.490 e. The van der Waals surface area contributed by atoms with Gasteiger partial charge in [-0.25, -0.2) is 4.79 Å². The van der Waals surface area contributed by atoms with Gasteiger partial charge in [-0.3, -0.25) is 0 Å². The number of ether oxygens (including phenoxy) is 3. The Labute approximate surface area is 198 Å². The largest absolute Gasteiger partial charge is 0.490 e. The van der Waals surface area contributed by atoms with Crippen molar-refractivity contribution in [3.8, 4) is 11.8 Å². The summed E-state index contributed by atoms with van der Waals surface area (Å²) in [4.78, 5) is 14.6. The molecule has 4 rings (SSSR count). The van der Waals surface area contributed by atoms with Crippen molar-refractivity contribution in [2.75, 3.05) is 0 Å². The first kappa shape index (κ1) is 23.9. The first-order valence-electron chi connectivity index (χ1n) is 12.6. The first-order chi connectivity index (χ1) is 15.8. The molecule has 1 aromatic carbocycles. The second-order valence-electron chi connectivity index (χ2n) is 10.8. The van der Waals surface area contributed by atoms with Crippen LogP contribution in [0.15, 0.2) is 24.3 Å². The van der Waals surface area contributed by atoms with Crippen molar-refractivity contribution in [2.45, 2.75) is 121 Å². The molecule has 0 unspecified atom stereocenters. The lowest BCUT2D eigenvalue weighted by atomic mass is 9.93. The molecule has 2 bridgehead atoms. The van der Waals surface area contributed by atoms with Gasteiger partial charge in [-0.1, -0.05) is 12.1 Å². The molecular formula is C27H38N2O4. The van der Waals surface area contributed by atoms with E-state index in [1.54, 1.807) is 0 Å².